The van der Waals surface area contributed by atoms with Crippen LogP contribution in [0.15, 0.2) is 60.4 Å². The van der Waals surface area contributed by atoms with Crippen molar-refractivity contribution in [3.05, 3.63) is 92.7 Å². The number of carbonyl (C=O) groups excluding carboxylic acids is 1. The highest BCUT2D eigenvalue weighted by Crippen LogP contribution is 2.42. The number of hydrogen-bond donors (Lipinski definition) is 0. The van der Waals surface area contributed by atoms with Crippen molar-refractivity contribution in [2.24, 2.45) is 0 Å². The predicted molar refractivity (Wildman–Crippen MR) is 131 cm³/mol. The summed E-state index contributed by atoms with van der Waals surface area (Å²) in [5.74, 6) is 1.49. The molecule has 0 N–H and O–H groups in total. The molecule has 3 aromatic carbocycles. The lowest BCUT2D eigenvalue weighted by molar-refractivity contribution is 0.0873. The van der Waals surface area contributed by atoms with Crippen LogP contribution in [0.1, 0.15) is 27.0 Å². The molecule has 0 amide bonds. The first kappa shape index (κ1) is 21.8. The van der Waals surface area contributed by atoms with Gasteiger partial charge in [-0.25, -0.2) is 0 Å². The summed E-state index contributed by atoms with van der Waals surface area (Å²) in [5, 5.41) is 1.22. The first-order valence-electron chi connectivity index (χ1n) is 10.6. The van der Waals surface area contributed by atoms with E-state index in [1.54, 1.807) is 18.2 Å². The van der Waals surface area contributed by atoms with E-state index in [-0.39, 0.29) is 5.78 Å². The summed E-state index contributed by atoms with van der Waals surface area (Å²) >= 11 is 12.4. The molecule has 5 nitrogen and oxygen atoms in total. The minimum Gasteiger partial charge on any atom is -0.478 e. The van der Waals surface area contributed by atoms with E-state index in [0.717, 1.165) is 28.1 Å². The van der Waals surface area contributed by atoms with E-state index in [1.807, 2.05) is 61.5 Å². The molecule has 7 heteroatoms. The molecular formula is C26H22Cl2N2O3. The molecule has 0 atom stereocenters. The first-order valence-corrected chi connectivity index (χ1v) is 11.3. The van der Waals surface area contributed by atoms with Crippen molar-refractivity contribution in [3.8, 4) is 11.5 Å². The van der Waals surface area contributed by atoms with Gasteiger partial charge in [-0.15, -0.1) is 0 Å². The second kappa shape index (κ2) is 8.75. The lowest BCUT2D eigenvalue weighted by Crippen LogP contribution is -2.31. The highest BCUT2D eigenvalue weighted by Gasteiger charge is 2.33. The molecule has 0 unspecified atom stereocenters. The number of halogens is 2. The summed E-state index contributed by atoms with van der Waals surface area (Å²) < 4.78 is 12.1. The number of ketones is 1. The van der Waals surface area contributed by atoms with Gasteiger partial charge in [0.15, 0.2) is 5.76 Å². The van der Waals surface area contributed by atoms with E-state index < -0.39 is 0 Å². The average Bonchev–Trinajstić information content (AvgIpc) is 3.12. The number of Topliss-reactive ketones (excluding diaryl/α,β-unsaturated/α-hetero) is 1. The van der Waals surface area contributed by atoms with Gasteiger partial charge in [0.2, 0.25) is 5.78 Å². The molecule has 168 valence electrons. The SMILES string of the molecule is CN(C)c1ccc(/C=C2\Oc3c(ccc4c3CN(Cc3ccc(Cl)cc3Cl)CO4)C2=O)cc1. The van der Waals surface area contributed by atoms with Gasteiger partial charge in [0.1, 0.15) is 18.2 Å². The van der Waals surface area contributed by atoms with E-state index in [0.29, 0.717) is 46.9 Å². The summed E-state index contributed by atoms with van der Waals surface area (Å²) in [6, 6.07) is 17.0. The molecule has 0 radical (unpaired) electrons. The van der Waals surface area contributed by atoms with Gasteiger partial charge < -0.3 is 14.4 Å². The van der Waals surface area contributed by atoms with Crippen molar-refractivity contribution in [1.82, 2.24) is 4.90 Å². The second-order valence-electron chi connectivity index (χ2n) is 8.34. The number of ether oxygens (including phenoxy) is 2. The average molecular weight is 481 g/mol. The molecule has 2 aliphatic rings. The number of allylic oxidation sites excluding steroid dienone is 1. The van der Waals surface area contributed by atoms with Crippen LogP contribution in [-0.4, -0.2) is 31.5 Å². The molecule has 0 aromatic heterocycles. The Morgan fingerprint density at radius 2 is 1.85 bits per heavy atom. The third kappa shape index (κ3) is 4.32. The summed E-state index contributed by atoms with van der Waals surface area (Å²) in [7, 11) is 3.98. The predicted octanol–water partition coefficient (Wildman–Crippen LogP) is 6.03. The van der Waals surface area contributed by atoms with E-state index >= 15 is 0 Å². The van der Waals surface area contributed by atoms with Gasteiger partial charge in [0.05, 0.1) is 11.1 Å². The Hall–Kier alpha value is -2.99. The Bertz CT molecular complexity index is 1270. The molecule has 3 aromatic rings. The van der Waals surface area contributed by atoms with Crippen molar-refractivity contribution in [2.45, 2.75) is 13.1 Å². The number of fused-ring (bicyclic) bond motifs is 3. The molecule has 0 saturated heterocycles. The van der Waals surface area contributed by atoms with E-state index in [1.165, 1.54) is 0 Å². The normalized spacial score (nSPS) is 16.2. The lowest BCUT2D eigenvalue weighted by Gasteiger charge is -2.30. The molecule has 0 fully saturated rings. The summed E-state index contributed by atoms with van der Waals surface area (Å²) in [5.41, 5.74) is 4.37. The Morgan fingerprint density at radius 1 is 1.06 bits per heavy atom. The number of anilines is 1. The fourth-order valence-corrected chi connectivity index (χ4v) is 4.48. The topological polar surface area (TPSA) is 42.0 Å². The zero-order chi connectivity index (χ0) is 23.1. The molecule has 2 aliphatic heterocycles. The Balaban J connectivity index is 1.39. The van der Waals surface area contributed by atoms with Crippen LogP contribution in [0.3, 0.4) is 0 Å². The van der Waals surface area contributed by atoms with Gasteiger partial charge in [-0.2, -0.15) is 0 Å². The second-order valence-corrected chi connectivity index (χ2v) is 9.18. The zero-order valence-corrected chi connectivity index (χ0v) is 19.8. The van der Waals surface area contributed by atoms with Crippen LogP contribution in [0.4, 0.5) is 5.69 Å². The number of nitrogens with zero attached hydrogens (tertiary/aromatic N) is 2. The van der Waals surface area contributed by atoms with Crippen LogP contribution in [0.25, 0.3) is 6.08 Å². The highest BCUT2D eigenvalue weighted by molar-refractivity contribution is 6.35. The Labute approximate surface area is 202 Å². The quantitative estimate of drug-likeness (QED) is 0.426. The van der Waals surface area contributed by atoms with Gasteiger partial charge in [0.25, 0.3) is 0 Å². The van der Waals surface area contributed by atoms with E-state index in [9.17, 15) is 4.79 Å². The maximum atomic E-state index is 13.0. The largest absolute Gasteiger partial charge is 0.478 e. The maximum Gasteiger partial charge on any atom is 0.231 e. The van der Waals surface area contributed by atoms with Crippen molar-refractivity contribution in [2.75, 3.05) is 25.7 Å². The number of carbonyl (C=O) groups is 1. The maximum absolute atomic E-state index is 13.0. The summed E-state index contributed by atoms with van der Waals surface area (Å²) in [6.45, 7) is 1.59. The zero-order valence-electron chi connectivity index (χ0n) is 18.3. The molecule has 0 bridgehead atoms. The minimum absolute atomic E-state index is 0.123. The Kier molecular flexibility index (Phi) is 5.79. The molecule has 0 saturated carbocycles. The van der Waals surface area contributed by atoms with Crippen molar-refractivity contribution >= 4 is 40.7 Å². The first-order chi connectivity index (χ1) is 15.9. The van der Waals surface area contributed by atoms with Gasteiger partial charge in [-0.1, -0.05) is 41.4 Å². The van der Waals surface area contributed by atoms with Crippen molar-refractivity contribution < 1.29 is 14.3 Å². The fraction of sp³-hybridized carbons (Fsp3) is 0.192. The number of benzene rings is 3. The van der Waals surface area contributed by atoms with Crippen LogP contribution in [0, 0.1) is 0 Å². The standard InChI is InChI=1S/C26H22Cl2N2O3/c1-29(2)19-7-3-16(4-8-19)11-24-25(31)20-9-10-23-21(26(20)33-24)14-30(15-32-23)13-17-5-6-18(27)12-22(17)28/h3-12H,13-15H2,1-2H3/b24-11-. The van der Waals surface area contributed by atoms with Gasteiger partial charge in [-0.05, 0) is 53.6 Å². The van der Waals surface area contributed by atoms with E-state index in [4.69, 9.17) is 32.7 Å². The number of rotatable bonds is 4. The number of hydrogen-bond acceptors (Lipinski definition) is 5. The molecule has 0 aliphatic carbocycles. The van der Waals surface area contributed by atoms with Crippen LogP contribution < -0.4 is 14.4 Å². The fourth-order valence-electron chi connectivity index (χ4n) is 4.02. The highest BCUT2D eigenvalue weighted by atomic mass is 35.5. The van der Waals surface area contributed by atoms with Gasteiger partial charge in [0, 0.05) is 42.9 Å². The lowest BCUT2D eigenvalue weighted by atomic mass is 10.0. The molecule has 2 heterocycles. The summed E-state index contributed by atoms with van der Waals surface area (Å²) in [6.07, 6.45) is 1.78. The smallest absolute Gasteiger partial charge is 0.231 e. The van der Waals surface area contributed by atoms with Crippen LogP contribution in [0.2, 0.25) is 10.0 Å². The van der Waals surface area contributed by atoms with Crippen LogP contribution >= 0.6 is 23.2 Å². The molecule has 5 rings (SSSR count). The van der Waals surface area contributed by atoms with Gasteiger partial charge in [-0.3, -0.25) is 9.69 Å². The van der Waals surface area contributed by atoms with Gasteiger partial charge >= 0.3 is 0 Å². The minimum atomic E-state index is -0.123. The molecule has 0 spiro atoms. The monoisotopic (exact) mass is 480 g/mol. The van der Waals surface area contributed by atoms with Crippen molar-refractivity contribution in [3.63, 3.8) is 0 Å². The molecule has 33 heavy (non-hydrogen) atoms. The van der Waals surface area contributed by atoms with Crippen LogP contribution in [0.5, 0.6) is 11.5 Å². The summed E-state index contributed by atoms with van der Waals surface area (Å²) in [4.78, 5) is 17.2. The van der Waals surface area contributed by atoms with Crippen LogP contribution in [-0.2, 0) is 13.1 Å². The third-order valence-electron chi connectivity index (χ3n) is 5.80. The van der Waals surface area contributed by atoms with Crippen molar-refractivity contribution in [1.29, 1.82) is 0 Å². The third-order valence-corrected chi connectivity index (χ3v) is 6.39. The van der Waals surface area contributed by atoms with E-state index in [2.05, 4.69) is 4.90 Å². The molecular weight excluding hydrogens is 459 g/mol. The Morgan fingerprint density at radius 3 is 2.58 bits per heavy atom.